The number of rotatable bonds is 7. The molecule has 178 valence electrons. The van der Waals surface area contributed by atoms with E-state index in [1.807, 2.05) is 0 Å². The maximum atomic E-state index is 13.1. The first-order valence-electron chi connectivity index (χ1n) is 10.2. The van der Waals surface area contributed by atoms with E-state index in [0.717, 1.165) is 16.7 Å². The number of nitrogens with zero attached hydrogens (tertiary/aromatic N) is 1. The first-order valence-corrected chi connectivity index (χ1v) is 11.4. The highest BCUT2D eigenvalue weighted by atomic mass is 35.5. The van der Waals surface area contributed by atoms with Gasteiger partial charge in [0.25, 0.3) is 17.1 Å². The van der Waals surface area contributed by atoms with Gasteiger partial charge in [-0.25, -0.2) is 9.29 Å². The lowest BCUT2D eigenvalue weighted by molar-refractivity contribution is -0.118. The van der Waals surface area contributed by atoms with Crippen molar-refractivity contribution >= 4 is 57.9 Å². The zero-order chi connectivity index (χ0) is 24.9. The van der Waals surface area contributed by atoms with Crippen molar-refractivity contribution in [2.24, 2.45) is 0 Å². The lowest BCUT2D eigenvalue weighted by Gasteiger charge is -2.14. The van der Waals surface area contributed by atoms with Crippen LogP contribution in [0.3, 0.4) is 0 Å². The number of imide groups is 1. The number of anilines is 2. The van der Waals surface area contributed by atoms with Gasteiger partial charge in [-0.3, -0.25) is 14.4 Å². The number of carbonyl (C=O) groups is 3. The van der Waals surface area contributed by atoms with Crippen molar-refractivity contribution in [1.29, 1.82) is 0 Å². The fourth-order valence-corrected chi connectivity index (χ4v) is 4.21. The number of thioether (sulfide) groups is 1. The van der Waals surface area contributed by atoms with Crippen molar-refractivity contribution in [3.05, 3.63) is 88.0 Å². The quantitative estimate of drug-likeness (QED) is 0.406. The lowest BCUT2D eigenvalue weighted by atomic mass is 10.1. The summed E-state index contributed by atoms with van der Waals surface area (Å²) in [5.74, 6) is -0.826. The Morgan fingerprint density at radius 3 is 2.49 bits per heavy atom. The summed E-state index contributed by atoms with van der Waals surface area (Å²) in [7, 11) is 1.44. The third kappa shape index (κ3) is 5.64. The van der Waals surface area contributed by atoms with Gasteiger partial charge in [0.1, 0.15) is 5.82 Å². The first-order chi connectivity index (χ1) is 16.9. The molecule has 3 aromatic carbocycles. The summed E-state index contributed by atoms with van der Waals surface area (Å²) in [5, 5.41) is 2.64. The number of benzene rings is 3. The number of amides is 3. The minimum Gasteiger partial charge on any atom is -0.493 e. The van der Waals surface area contributed by atoms with Crippen LogP contribution in [-0.2, 0) is 9.59 Å². The van der Waals surface area contributed by atoms with Gasteiger partial charge >= 0.3 is 0 Å². The highest BCUT2D eigenvalue weighted by Gasteiger charge is 2.36. The number of nitrogens with one attached hydrogen (secondary N) is 1. The van der Waals surface area contributed by atoms with Crippen LogP contribution in [0.1, 0.15) is 5.56 Å². The van der Waals surface area contributed by atoms with Gasteiger partial charge in [0.05, 0.1) is 17.7 Å². The molecule has 1 N–H and O–H groups in total. The molecule has 0 atom stereocenters. The molecule has 0 aromatic heterocycles. The summed E-state index contributed by atoms with van der Waals surface area (Å²) in [6.45, 7) is -0.370. The molecule has 7 nitrogen and oxygen atoms in total. The first kappa shape index (κ1) is 24.3. The Bertz CT molecular complexity index is 1310. The summed E-state index contributed by atoms with van der Waals surface area (Å²) in [5.41, 5.74) is 1.26. The summed E-state index contributed by atoms with van der Waals surface area (Å²) in [6, 6.07) is 16.7. The van der Waals surface area contributed by atoms with E-state index in [-0.39, 0.29) is 17.3 Å². The fraction of sp³-hybridized carbons (Fsp3) is 0.0800. The van der Waals surface area contributed by atoms with Crippen LogP contribution in [0.4, 0.5) is 20.6 Å². The number of hydrogen-bond acceptors (Lipinski definition) is 6. The van der Waals surface area contributed by atoms with Gasteiger partial charge < -0.3 is 14.8 Å². The molecule has 0 saturated carbocycles. The van der Waals surface area contributed by atoms with Crippen LogP contribution in [0.2, 0.25) is 5.02 Å². The van der Waals surface area contributed by atoms with Crippen LogP contribution < -0.4 is 19.7 Å². The number of hydrogen-bond donors (Lipinski definition) is 1. The molecular formula is C25H18ClFN2O5S. The molecule has 0 unspecified atom stereocenters. The Labute approximate surface area is 209 Å². The third-order valence-electron chi connectivity index (χ3n) is 4.87. The van der Waals surface area contributed by atoms with Crippen LogP contribution in [0.5, 0.6) is 11.5 Å². The third-order valence-corrected chi connectivity index (χ3v) is 5.99. The maximum absolute atomic E-state index is 13.1. The van der Waals surface area contributed by atoms with Crippen LogP contribution in [0, 0.1) is 5.82 Å². The topological polar surface area (TPSA) is 84.9 Å². The number of ether oxygens (including phenoxy) is 2. The number of para-hydroxylation sites is 1. The minimum atomic E-state index is -0.495. The Kier molecular flexibility index (Phi) is 7.38. The van der Waals surface area contributed by atoms with Crippen molar-refractivity contribution in [3.8, 4) is 11.5 Å². The van der Waals surface area contributed by atoms with Crippen molar-refractivity contribution < 1.29 is 28.2 Å². The number of methoxy groups -OCH3 is 1. The average molecular weight is 513 g/mol. The fourth-order valence-electron chi connectivity index (χ4n) is 3.25. The van der Waals surface area contributed by atoms with E-state index in [4.69, 9.17) is 21.1 Å². The maximum Gasteiger partial charge on any atom is 0.298 e. The summed E-state index contributed by atoms with van der Waals surface area (Å²) in [4.78, 5) is 39.1. The largest absolute Gasteiger partial charge is 0.493 e. The van der Waals surface area contributed by atoms with Gasteiger partial charge in [0.15, 0.2) is 18.1 Å². The van der Waals surface area contributed by atoms with Gasteiger partial charge in [0.2, 0.25) is 0 Å². The summed E-state index contributed by atoms with van der Waals surface area (Å²) >= 11 is 6.69. The van der Waals surface area contributed by atoms with Gasteiger partial charge in [-0.2, -0.15) is 0 Å². The van der Waals surface area contributed by atoms with Gasteiger partial charge in [-0.05, 0) is 72.4 Å². The standard InChI is InChI=1S/C25H18ClFN2O5S/c1-33-20-4-2-3-15(23(20)34-14-22(30)28-18-9-7-17(27)8-10-18)13-21-24(31)29(25(32)35-21)19-11-5-16(26)6-12-19/h2-13H,14H2,1H3,(H,28,30)/b21-13+. The monoisotopic (exact) mass is 512 g/mol. The Hall–Kier alpha value is -3.82. The van der Waals surface area contributed by atoms with Crippen molar-refractivity contribution in [2.45, 2.75) is 0 Å². The Morgan fingerprint density at radius 2 is 1.80 bits per heavy atom. The molecule has 10 heteroatoms. The van der Waals surface area contributed by atoms with Crippen molar-refractivity contribution in [1.82, 2.24) is 0 Å². The van der Waals surface area contributed by atoms with E-state index in [9.17, 15) is 18.8 Å². The summed E-state index contributed by atoms with van der Waals surface area (Å²) in [6.07, 6.45) is 1.51. The molecule has 3 aromatic rings. The molecule has 4 rings (SSSR count). The van der Waals surface area contributed by atoms with Crippen LogP contribution in [0.25, 0.3) is 6.08 Å². The molecule has 0 spiro atoms. The van der Waals surface area contributed by atoms with Gasteiger partial charge in [-0.1, -0.05) is 23.7 Å². The second kappa shape index (κ2) is 10.6. The second-order valence-electron chi connectivity index (χ2n) is 7.22. The molecule has 1 saturated heterocycles. The van der Waals surface area contributed by atoms with Crippen molar-refractivity contribution in [3.63, 3.8) is 0 Å². The SMILES string of the molecule is COc1cccc(/C=C2/SC(=O)N(c3ccc(Cl)cc3)C2=O)c1OCC(=O)Nc1ccc(F)cc1. The highest BCUT2D eigenvalue weighted by molar-refractivity contribution is 8.19. The Balaban J connectivity index is 1.54. The van der Waals surface area contributed by atoms with E-state index >= 15 is 0 Å². The van der Waals surface area contributed by atoms with Crippen molar-refractivity contribution in [2.75, 3.05) is 23.9 Å². The number of carbonyl (C=O) groups excluding carboxylic acids is 3. The molecule has 1 heterocycles. The van der Waals surface area contributed by atoms with E-state index in [1.165, 1.54) is 37.5 Å². The molecule has 0 radical (unpaired) electrons. The number of halogens is 2. The van der Waals surface area contributed by atoms with E-state index in [0.29, 0.717) is 27.7 Å². The average Bonchev–Trinajstić information content (AvgIpc) is 3.12. The Morgan fingerprint density at radius 1 is 1.09 bits per heavy atom. The molecule has 35 heavy (non-hydrogen) atoms. The highest BCUT2D eigenvalue weighted by Crippen LogP contribution is 2.39. The zero-order valence-corrected chi connectivity index (χ0v) is 19.9. The van der Waals surface area contributed by atoms with E-state index in [1.54, 1.807) is 42.5 Å². The zero-order valence-electron chi connectivity index (χ0n) is 18.3. The smallest absolute Gasteiger partial charge is 0.298 e. The van der Waals surface area contributed by atoms with E-state index in [2.05, 4.69) is 5.32 Å². The van der Waals surface area contributed by atoms with Crippen LogP contribution in [0.15, 0.2) is 71.6 Å². The molecule has 3 amide bonds. The molecule has 1 aliphatic heterocycles. The van der Waals surface area contributed by atoms with Crippen LogP contribution >= 0.6 is 23.4 Å². The molecular weight excluding hydrogens is 495 g/mol. The predicted octanol–water partition coefficient (Wildman–Crippen LogP) is 5.75. The predicted molar refractivity (Wildman–Crippen MR) is 133 cm³/mol. The molecule has 1 fully saturated rings. The molecule has 0 aliphatic carbocycles. The second-order valence-corrected chi connectivity index (χ2v) is 8.65. The van der Waals surface area contributed by atoms with Gasteiger partial charge in [0, 0.05) is 16.3 Å². The van der Waals surface area contributed by atoms with Gasteiger partial charge in [-0.15, -0.1) is 0 Å². The summed E-state index contributed by atoms with van der Waals surface area (Å²) < 4.78 is 24.1. The van der Waals surface area contributed by atoms with Crippen LogP contribution in [-0.4, -0.2) is 30.8 Å². The molecule has 1 aliphatic rings. The molecule has 0 bridgehead atoms. The van der Waals surface area contributed by atoms with E-state index < -0.39 is 22.9 Å². The normalized spacial score (nSPS) is 14.4. The lowest BCUT2D eigenvalue weighted by Crippen LogP contribution is -2.27. The minimum absolute atomic E-state index is 0.179.